The summed E-state index contributed by atoms with van der Waals surface area (Å²) in [6.45, 7) is 9.55. The predicted octanol–water partition coefficient (Wildman–Crippen LogP) is 14.5. The third-order valence-electron chi connectivity index (χ3n) is 15.2. The molecule has 0 saturated heterocycles. The maximum Gasteiger partial charge on any atom is 0.0543 e. The van der Waals surface area contributed by atoms with Crippen molar-refractivity contribution in [2.45, 2.75) is 69.6 Å². The molecule has 0 heterocycles. The zero-order chi connectivity index (χ0) is 37.6. The molecule has 5 aliphatic rings. The van der Waals surface area contributed by atoms with Gasteiger partial charge in [0.25, 0.3) is 0 Å². The van der Waals surface area contributed by atoms with E-state index in [9.17, 15) is 0 Å². The number of anilines is 3. The van der Waals surface area contributed by atoms with Crippen LogP contribution in [0.2, 0.25) is 0 Å². The number of para-hydroxylation sites is 1. The first-order valence-corrected chi connectivity index (χ1v) is 20.9. The lowest BCUT2D eigenvalue weighted by Gasteiger charge is -2.37. The van der Waals surface area contributed by atoms with Gasteiger partial charge in [0.05, 0.1) is 11.4 Å². The molecule has 0 radical (unpaired) electrons. The molecule has 1 heteroatoms. The average molecular weight is 722 g/mol. The molecule has 56 heavy (non-hydrogen) atoms. The molecule has 7 aromatic carbocycles. The summed E-state index contributed by atoms with van der Waals surface area (Å²) >= 11 is 0. The molecule has 1 nitrogen and oxygen atoms in total. The number of hydrogen-bond acceptors (Lipinski definition) is 1. The van der Waals surface area contributed by atoms with Gasteiger partial charge in [-0.15, -0.1) is 0 Å². The Morgan fingerprint density at radius 1 is 0.429 bits per heavy atom. The highest BCUT2D eigenvalue weighted by atomic mass is 15.1. The monoisotopic (exact) mass is 721 g/mol. The number of rotatable bonds is 4. The summed E-state index contributed by atoms with van der Waals surface area (Å²) in [5.41, 5.74) is 23.3. The molecule has 272 valence electrons. The maximum atomic E-state index is 2.64. The highest BCUT2D eigenvalue weighted by Crippen LogP contribution is 2.67. The van der Waals surface area contributed by atoms with Gasteiger partial charge in [0.15, 0.2) is 0 Å². The smallest absolute Gasteiger partial charge is 0.0543 e. The van der Waals surface area contributed by atoms with Crippen molar-refractivity contribution < 1.29 is 0 Å². The summed E-state index contributed by atoms with van der Waals surface area (Å²) in [5, 5.41) is 0. The molecule has 5 aliphatic carbocycles. The van der Waals surface area contributed by atoms with Gasteiger partial charge in [-0.1, -0.05) is 162 Å². The van der Waals surface area contributed by atoms with Crippen molar-refractivity contribution in [3.8, 4) is 44.5 Å². The van der Waals surface area contributed by atoms with Crippen LogP contribution in [-0.4, -0.2) is 0 Å². The summed E-state index contributed by atoms with van der Waals surface area (Å²) in [6.07, 6.45) is 5.36. The lowest BCUT2D eigenvalue weighted by molar-refractivity contribution is 0.327. The second kappa shape index (κ2) is 11.2. The van der Waals surface area contributed by atoms with Gasteiger partial charge in [0.2, 0.25) is 0 Å². The van der Waals surface area contributed by atoms with Gasteiger partial charge in [-0.25, -0.2) is 0 Å². The first-order chi connectivity index (χ1) is 27.3. The van der Waals surface area contributed by atoms with Crippen LogP contribution in [0.5, 0.6) is 0 Å². The SMILES string of the molecule is CC1(C)c2ccccc2-c2cc(N(c3ccccc3-c3cccc4c3-c3ccccc3C4(C)C)c3cccc4c3-c3ccccc3C43CC4CCC3C4)ccc21. The van der Waals surface area contributed by atoms with E-state index < -0.39 is 0 Å². The van der Waals surface area contributed by atoms with Gasteiger partial charge < -0.3 is 4.90 Å². The molecule has 3 unspecified atom stereocenters. The molecule has 1 spiro atoms. The summed E-state index contributed by atoms with van der Waals surface area (Å²) in [6, 6.07) is 58.4. The van der Waals surface area contributed by atoms with Crippen LogP contribution in [0.3, 0.4) is 0 Å². The molecule has 12 rings (SSSR count). The minimum absolute atomic E-state index is 0.0565. The lowest BCUT2D eigenvalue weighted by Crippen LogP contribution is -2.31. The zero-order valence-corrected chi connectivity index (χ0v) is 32.9. The Morgan fingerprint density at radius 2 is 0.982 bits per heavy atom. The Morgan fingerprint density at radius 3 is 1.73 bits per heavy atom. The first-order valence-electron chi connectivity index (χ1n) is 20.9. The first kappa shape index (κ1) is 32.6. The topological polar surface area (TPSA) is 3.24 Å². The minimum atomic E-state index is -0.0737. The van der Waals surface area contributed by atoms with Gasteiger partial charge in [-0.2, -0.15) is 0 Å². The van der Waals surface area contributed by atoms with Crippen molar-refractivity contribution in [1.29, 1.82) is 0 Å². The van der Waals surface area contributed by atoms with E-state index in [1.165, 1.54) is 110 Å². The van der Waals surface area contributed by atoms with Gasteiger partial charge in [-0.3, -0.25) is 0 Å². The van der Waals surface area contributed by atoms with Gasteiger partial charge >= 0.3 is 0 Å². The minimum Gasteiger partial charge on any atom is -0.309 e. The van der Waals surface area contributed by atoms with Crippen molar-refractivity contribution >= 4 is 17.1 Å². The normalized spacial score (nSPS) is 22.0. The molecule has 0 N–H and O–H groups in total. The third kappa shape index (κ3) is 4.06. The van der Waals surface area contributed by atoms with Gasteiger partial charge in [0.1, 0.15) is 0 Å². The quantitative estimate of drug-likeness (QED) is 0.175. The van der Waals surface area contributed by atoms with Crippen LogP contribution in [0.4, 0.5) is 17.1 Å². The van der Waals surface area contributed by atoms with Crippen molar-refractivity contribution in [2.24, 2.45) is 11.8 Å². The number of nitrogens with zero attached hydrogens (tertiary/aromatic N) is 1. The van der Waals surface area contributed by atoms with Gasteiger partial charge in [0, 0.05) is 33.1 Å². The van der Waals surface area contributed by atoms with E-state index in [2.05, 4.69) is 184 Å². The molecule has 2 saturated carbocycles. The summed E-state index contributed by atoms with van der Waals surface area (Å²) in [4.78, 5) is 2.64. The van der Waals surface area contributed by atoms with Gasteiger partial charge in [-0.05, 0) is 122 Å². The second-order valence-corrected chi connectivity index (χ2v) is 18.4. The Hall–Kier alpha value is -5.66. The fourth-order valence-corrected chi connectivity index (χ4v) is 12.7. The summed E-state index contributed by atoms with van der Waals surface area (Å²) in [7, 11) is 0. The Kier molecular flexibility index (Phi) is 6.53. The summed E-state index contributed by atoms with van der Waals surface area (Å²) in [5.74, 6) is 1.53. The predicted molar refractivity (Wildman–Crippen MR) is 233 cm³/mol. The van der Waals surface area contributed by atoms with Crippen LogP contribution < -0.4 is 4.90 Å². The Balaban J connectivity index is 1.15. The number of fused-ring (bicyclic) bond motifs is 14. The van der Waals surface area contributed by atoms with E-state index >= 15 is 0 Å². The average Bonchev–Trinajstić information content (AvgIpc) is 4.02. The van der Waals surface area contributed by atoms with E-state index in [0.29, 0.717) is 5.92 Å². The molecule has 0 aromatic heterocycles. The molecule has 2 fully saturated rings. The van der Waals surface area contributed by atoms with Crippen molar-refractivity contribution in [2.75, 3.05) is 4.90 Å². The van der Waals surface area contributed by atoms with E-state index in [1.807, 2.05) is 0 Å². The van der Waals surface area contributed by atoms with Crippen LogP contribution in [0.1, 0.15) is 86.8 Å². The standard InChI is InChI=1S/C55H47N/c1-53(2)43-20-9-5-15-37(43)42-32-36(29-30-45(42)53)56(50-26-14-24-48-52(50)41-18-7-11-22-46(41)55(48)33-34-27-28-35(55)31-34)49-25-12-8-16-38(49)39-19-13-23-47-51(39)40-17-6-10-21-44(40)54(47,3)4/h5-26,29-30,32,34-35H,27-28,31,33H2,1-4H3. The van der Waals surface area contributed by atoms with Crippen LogP contribution in [0, 0.1) is 11.8 Å². The van der Waals surface area contributed by atoms with E-state index in [-0.39, 0.29) is 16.2 Å². The fraction of sp³-hybridized carbons (Fsp3) is 0.236. The van der Waals surface area contributed by atoms with Crippen LogP contribution in [-0.2, 0) is 16.2 Å². The zero-order valence-electron chi connectivity index (χ0n) is 32.9. The van der Waals surface area contributed by atoms with Crippen molar-refractivity contribution in [1.82, 2.24) is 0 Å². The molecule has 3 atom stereocenters. The highest BCUT2D eigenvalue weighted by molar-refractivity contribution is 6.02. The third-order valence-corrected chi connectivity index (χ3v) is 15.2. The molecule has 7 aromatic rings. The van der Waals surface area contributed by atoms with Crippen LogP contribution in [0.15, 0.2) is 152 Å². The molecule has 0 aliphatic heterocycles. The highest BCUT2D eigenvalue weighted by Gasteiger charge is 2.57. The van der Waals surface area contributed by atoms with Crippen molar-refractivity contribution in [3.05, 3.63) is 185 Å². The van der Waals surface area contributed by atoms with Crippen LogP contribution >= 0.6 is 0 Å². The molecule has 2 bridgehead atoms. The largest absolute Gasteiger partial charge is 0.309 e. The van der Waals surface area contributed by atoms with E-state index in [1.54, 1.807) is 11.1 Å². The second-order valence-electron chi connectivity index (χ2n) is 18.4. The molecular weight excluding hydrogens is 675 g/mol. The number of hydrogen-bond donors (Lipinski definition) is 0. The number of benzene rings is 7. The lowest BCUT2D eigenvalue weighted by atomic mass is 9.67. The molecule has 0 amide bonds. The Bertz CT molecular complexity index is 2800. The maximum absolute atomic E-state index is 2.64. The van der Waals surface area contributed by atoms with Crippen molar-refractivity contribution in [3.63, 3.8) is 0 Å². The summed E-state index contributed by atoms with van der Waals surface area (Å²) < 4.78 is 0. The van der Waals surface area contributed by atoms with E-state index in [4.69, 9.17) is 0 Å². The molecular formula is C55H47N. The van der Waals surface area contributed by atoms with E-state index in [0.717, 1.165) is 5.92 Å². The Labute approximate surface area is 331 Å². The fourth-order valence-electron chi connectivity index (χ4n) is 12.7. The van der Waals surface area contributed by atoms with Crippen LogP contribution in [0.25, 0.3) is 44.5 Å².